The third-order valence-corrected chi connectivity index (χ3v) is 3.63. The molecule has 1 rings (SSSR count). The molecule has 0 unspecified atom stereocenters. The molecular weight excluding hydrogens is 285 g/mol. The van der Waals surface area contributed by atoms with Crippen LogP contribution in [-0.2, 0) is 0 Å². The van der Waals surface area contributed by atoms with Gasteiger partial charge in [0.25, 0.3) is 0 Å². The summed E-state index contributed by atoms with van der Waals surface area (Å²) < 4.78 is 76.0. The van der Waals surface area contributed by atoms with Crippen molar-refractivity contribution < 1.29 is 26.1 Å². The smallest absolute Gasteiger partial charge is 0.266 e. The van der Waals surface area contributed by atoms with Gasteiger partial charge in [-0.3, -0.25) is 4.11 Å². The molecule has 0 aromatic heterocycles. The van der Waals surface area contributed by atoms with Crippen LogP contribution in [0.1, 0.15) is 0 Å². The topological polar surface area (TPSA) is 0 Å². The molecule has 0 amide bonds. The summed E-state index contributed by atoms with van der Waals surface area (Å²) in [5.74, 6) is -11.6. The molecule has 0 N–H and O–H groups in total. The zero-order valence-electron chi connectivity index (χ0n) is 6.52. The van der Waals surface area contributed by atoms with E-state index in [1.807, 2.05) is 0 Å². The summed E-state index contributed by atoms with van der Waals surface area (Å²) in [6, 6.07) is 0. The fourth-order valence-electron chi connectivity index (χ4n) is 0.854. The van der Waals surface area contributed by atoms with Crippen molar-refractivity contribution in [2.45, 2.75) is 0 Å². The zero-order chi connectivity index (χ0) is 12.0. The molecule has 1 aromatic rings. The molecule has 0 fully saturated rings. The lowest BCUT2D eigenvalue weighted by molar-refractivity contribution is 0.383. The first-order valence-corrected chi connectivity index (χ1v) is 7.16. The van der Waals surface area contributed by atoms with Gasteiger partial charge in [0.1, 0.15) is 0 Å². The van der Waals surface area contributed by atoms with Crippen LogP contribution in [0.4, 0.5) is 26.1 Å². The van der Waals surface area contributed by atoms with Gasteiger partial charge in [0.15, 0.2) is 23.3 Å². The van der Waals surface area contributed by atoms with Crippen molar-refractivity contribution >= 4 is 34.4 Å². The second-order valence-electron chi connectivity index (χ2n) is 2.44. The third-order valence-electron chi connectivity index (χ3n) is 1.49. The summed E-state index contributed by atoms with van der Waals surface area (Å²) in [5, 5.41) is -1.79. The molecule has 15 heavy (non-hydrogen) atoms. The minimum Gasteiger partial charge on any atom is -0.266 e. The Morgan fingerprint density at radius 3 is 1.20 bits per heavy atom. The predicted octanol–water partition coefficient (Wildman–Crippen LogP) is 2.98. The van der Waals surface area contributed by atoms with E-state index in [-0.39, 0.29) is 0 Å². The quantitative estimate of drug-likeness (QED) is 0.245. The van der Waals surface area contributed by atoms with Crippen molar-refractivity contribution in [1.29, 1.82) is 0 Å². The summed E-state index contributed by atoms with van der Waals surface area (Å²) in [7, 11) is -5.16. The van der Waals surface area contributed by atoms with E-state index in [0.29, 0.717) is 0 Å². The van der Waals surface area contributed by atoms with E-state index < -0.39 is 41.3 Å². The highest BCUT2D eigenvalue weighted by Crippen LogP contribution is 2.24. The number of rotatable bonds is 1. The standard InChI is InChI=1S/C6Cl2F6Si/c7-15(8,14)6-4(12)2(10)1(9)3(11)5(6)13. The Morgan fingerprint density at radius 1 is 0.667 bits per heavy atom. The van der Waals surface area contributed by atoms with Gasteiger partial charge >= 0.3 is 7.03 Å². The lowest BCUT2D eigenvalue weighted by Crippen LogP contribution is -2.39. The van der Waals surface area contributed by atoms with Crippen molar-refractivity contribution in [3.8, 4) is 0 Å². The van der Waals surface area contributed by atoms with E-state index in [1.54, 1.807) is 0 Å². The van der Waals surface area contributed by atoms with Crippen LogP contribution in [0.2, 0.25) is 0 Å². The Morgan fingerprint density at radius 2 is 0.933 bits per heavy atom. The molecule has 0 aliphatic carbocycles. The maximum atomic E-state index is 12.9. The monoisotopic (exact) mass is 284 g/mol. The van der Waals surface area contributed by atoms with Crippen LogP contribution < -0.4 is 5.19 Å². The first kappa shape index (κ1) is 12.7. The average molecular weight is 285 g/mol. The summed E-state index contributed by atoms with van der Waals surface area (Å²) in [4.78, 5) is 0. The maximum Gasteiger partial charge on any atom is 0.471 e. The number of halogens is 8. The van der Waals surface area contributed by atoms with Gasteiger partial charge in [0.05, 0.1) is 5.19 Å². The molecule has 0 spiro atoms. The van der Waals surface area contributed by atoms with Gasteiger partial charge in [-0.05, 0) is 0 Å². The summed E-state index contributed by atoms with van der Waals surface area (Å²) in [5.41, 5.74) is 0. The molecule has 9 heteroatoms. The molecule has 0 saturated heterocycles. The van der Waals surface area contributed by atoms with Crippen LogP contribution in [0.15, 0.2) is 0 Å². The van der Waals surface area contributed by atoms with Crippen molar-refractivity contribution in [2.75, 3.05) is 0 Å². The van der Waals surface area contributed by atoms with Crippen LogP contribution in [0.3, 0.4) is 0 Å². The number of benzene rings is 1. The van der Waals surface area contributed by atoms with Crippen molar-refractivity contribution in [3.05, 3.63) is 29.1 Å². The van der Waals surface area contributed by atoms with E-state index in [0.717, 1.165) is 0 Å². The third kappa shape index (κ3) is 2.09. The van der Waals surface area contributed by atoms with Crippen LogP contribution in [0.25, 0.3) is 0 Å². The van der Waals surface area contributed by atoms with Crippen LogP contribution in [-0.4, -0.2) is 7.03 Å². The Kier molecular flexibility index (Phi) is 3.27. The molecular formula is C6Cl2F6Si. The van der Waals surface area contributed by atoms with Crippen molar-refractivity contribution in [2.24, 2.45) is 0 Å². The molecule has 0 aliphatic rings. The zero-order valence-corrected chi connectivity index (χ0v) is 9.04. The highest BCUT2D eigenvalue weighted by atomic mass is 35.7. The molecule has 0 aliphatic heterocycles. The molecule has 0 nitrogen and oxygen atoms in total. The summed E-state index contributed by atoms with van der Waals surface area (Å²) >= 11 is 9.53. The van der Waals surface area contributed by atoms with Gasteiger partial charge in [0.2, 0.25) is 5.82 Å². The fourth-order valence-corrected chi connectivity index (χ4v) is 2.57. The minimum absolute atomic E-state index is 1.79. The maximum absolute atomic E-state index is 12.9. The van der Waals surface area contributed by atoms with Crippen LogP contribution >= 0.6 is 22.2 Å². The van der Waals surface area contributed by atoms with Gasteiger partial charge < -0.3 is 0 Å². The van der Waals surface area contributed by atoms with Gasteiger partial charge in [-0.2, -0.15) is 0 Å². The van der Waals surface area contributed by atoms with Gasteiger partial charge in [-0.25, -0.2) is 22.0 Å². The van der Waals surface area contributed by atoms with Crippen molar-refractivity contribution in [3.63, 3.8) is 0 Å². The first-order chi connectivity index (χ1) is 6.68. The molecule has 0 heterocycles. The van der Waals surface area contributed by atoms with Crippen LogP contribution in [0.5, 0.6) is 0 Å². The van der Waals surface area contributed by atoms with Crippen molar-refractivity contribution in [1.82, 2.24) is 0 Å². The average Bonchev–Trinajstić information content (AvgIpc) is 2.09. The molecule has 1 aromatic carbocycles. The normalized spacial score (nSPS) is 12.0. The molecule has 0 bridgehead atoms. The van der Waals surface area contributed by atoms with Gasteiger partial charge in [0, 0.05) is 0 Å². The Labute approximate surface area is 90.0 Å². The molecule has 84 valence electrons. The molecule has 0 radical (unpaired) electrons. The van der Waals surface area contributed by atoms with Gasteiger partial charge in [-0.1, -0.05) is 0 Å². The van der Waals surface area contributed by atoms with E-state index in [1.165, 1.54) is 0 Å². The van der Waals surface area contributed by atoms with Crippen LogP contribution in [0, 0.1) is 29.1 Å². The lowest BCUT2D eigenvalue weighted by Gasteiger charge is -2.10. The second-order valence-corrected chi connectivity index (χ2v) is 7.64. The molecule has 0 atom stereocenters. The minimum atomic E-state index is -5.16. The summed E-state index contributed by atoms with van der Waals surface area (Å²) in [6.45, 7) is 0. The van der Waals surface area contributed by atoms with E-state index in [9.17, 15) is 26.1 Å². The Bertz CT molecular complexity index is 386. The second kappa shape index (κ2) is 3.87. The Hall–Kier alpha value is -0.403. The Balaban J connectivity index is 3.68. The first-order valence-electron chi connectivity index (χ1n) is 3.26. The number of hydrogen-bond donors (Lipinski definition) is 0. The lowest BCUT2D eigenvalue weighted by atomic mass is 10.3. The summed E-state index contributed by atoms with van der Waals surface area (Å²) in [6.07, 6.45) is 0. The van der Waals surface area contributed by atoms with Gasteiger partial charge in [-0.15, -0.1) is 22.2 Å². The highest BCUT2D eigenvalue weighted by molar-refractivity contribution is 7.47. The largest absolute Gasteiger partial charge is 0.471 e. The van der Waals surface area contributed by atoms with E-state index >= 15 is 0 Å². The van der Waals surface area contributed by atoms with E-state index in [2.05, 4.69) is 0 Å². The predicted molar refractivity (Wildman–Crippen MR) is 44.4 cm³/mol. The fraction of sp³-hybridized carbons (Fsp3) is 0. The van der Waals surface area contributed by atoms with E-state index in [4.69, 9.17) is 22.2 Å². The molecule has 0 saturated carbocycles. The SMILES string of the molecule is Fc1c(F)c(F)c([Si](F)(Cl)Cl)c(F)c1F. The number of hydrogen-bond acceptors (Lipinski definition) is 0. The highest BCUT2D eigenvalue weighted by Gasteiger charge is 2.42.